The van der Waals surface area contributed by atoms with Crippen LogP contribution in [0.25, 0.3) is 0 Å². The second-order valence-corrected chi connectivity index (χ2v) is 9.85. The molecule has 0 saturated carbocycles. The van der Waals surface area contributed by atoms with Crippen molar-refractivity contribution in [3.05, 3.63) is 30.1 Å². The third-order valence-corrected chi connectivity index (χ3v) is 8.08. The minimum absolute atomic E-state index is 0.104. The van der Waals surface area contributed by atoms with Gasteiger partial charge in [0.1, 0.15) is 5.82 Å². The summed E-state index contributed by atoms with van der Waals surface area (Å²) in [7, 11) is -4.58. The number of ether oxygens (including phenoxy) is 2. The van der Waals surface area contributed by atoms with Gasteiger partial charge in [-0.3, -0.25) is 0 Å². The molecule has 1 saturated heterocycles. The predicted molar refractivity (Wildman–Crippen MR) is 85.6 cm³/mol. The molecule has 0 aromatic heterocycles. The second kappa shape index (κ2) is 7.44. The minimum Gasteiger partial charge on any atom is -0.355 e. The normalized spacial score (nSPS) is 23.7. The summed E-state index contributed by atoms with van der Waals surface area (Å²) in [5.74, 6) is -1.33. The van der Waals surface area contributed by atoms with Gasteiger partial charge in [-0.25, -0.2) is 21.2 Å². The average Bonchev–Trinajstić information content (AvgIpc) is 2.84. The molecule has 1 fully saturated rings. The van der Waals surface area contributed by atoms with E-state index in [-0.39, 0.29) is 17.2 Å². The van der Waals surface area contributed by atoms with Crippen LogP contribution in [0.1, 0.15) is 0 Å². The third-order valence-electron chi connectivity index (χ3n) is 3.91. The first kappa shape index (κ1) is 19.3. The fourth-order valence-corrected chi connectivity index (χ4v) is 7.34. The topological polar surface area (TPSA) is 98.8 Å². The number of hydrogen-bond donors (Lipinski definition) is 1. The fourth-order valence-electron chi connectivity index (χ4n) is 2.62. The zero-order valence-electron chi connectivity index (χ0n) is 13.3. The molecule has 0 unspecified atom stereocenters. The number of hydrogen-bond acceptors (Lipinski definition) is 7. The Morgan fingerprint density at radius 1 is 1.21 bits per heavy atom. The van der Waals surface area contributed by atoms with Gasteiger partial charge >= 0.3 is 0 Å². The highest BCUT2D eigenvalue weighted by molar-refractivity contribution is 7.96. The average molecular weight is 381 g/mol. The van der Waals surface area contributed by atoms with Gasteiger partial charge in [-0.2, -0.15) is 0 Å². The quantitative estimate of drug-likeness (QED) is 0.523. The smallest absolute Gasteiger partial charge is 0.183 e. The summed E-state index contributed by atoms with van der Waals surface area (Å²) in [6.45, 7) is 0.141. The van der Waals surface area contributed by atoms with Crippen molar-refractivity contribution < 1.29 is 30.7 Å². The van der Waals surface area contributed by atoms with Gasteiger partial charge in [-0.15, -0.1) is 0 Å². The van der Waals surface area contributed by atoms with Gasteiger partial charge in [-0.05, 0) is 24.3 Å². The summed E-state index contributed by atoms with van der Waals surface area (Å²) in [5.41, 5.74) is 0. The fraction of sp³-hybridized carbons (Fsp3) is 0.571. The highest BCUT2D eigenvalue weighted by atomic mass is 32.2. The molecule has 2 rings (SSSR count). The van der Waals surface area contributed by atoms with Gasteiger partial charge in [0, 0.05) is 26.8 Å². The lowest BCUT2D eigenvalue weighted by atomic mass is 10.2. The lowest BCUT2D eigenvalue weighted by Gasteiger charge is -2.22. The van der Waals surface area contributed by atoms with Crippen LogP contribution in [0.4, 0.5) is 4.39 Å². The van der Waals surface area contributed by atoms with Crippen LogP contribution in [0.5, 0.6) is 0 Å². The van der Waals surface area contributed by atoms with E-state index in [0.29, 0.717) is 0 Å². The van der Waals surface area contributed by atoms with E-state index in [1.165, 1.54) is 14.2 Å². The number of nitrogens with one attached hydrogen (secondary N) is 1. The van der Waals surface area contributed by atoms with E-state index in [1.54, 1.807) is 0 Å². The van der Waals surface area contributed by atoms with E-state index >= 15 is 0 Å². The number of halogens is 1. The molecule has 0 aliphatic carbocycles. The van der Waals surface area contributed by atoms with Gasteiger partial charge in [-0.1, -0.05) is 0 Å². The SMILES string of the molecule is COC(CN[C@H]1CS(=O)(=O)C[C@@H]1S(=O)(=O)c1ccc(F)cc1)OC. The molecule has 1 heterocycles. The molecule has 0 spiro atoms. The third kappa shape index (κ3) is 4.31. The maximum Gasteiger partial charge on any atom is 0.183 e. The standard InChI is InChI=1S/C14H20FNO6S2/c1-21-14(22-2)7-16-12-8-23(17,18)9-13(12)24(19,20)11-5-3-10(15)4-6-11/h3-6,12-14,16H,7-9H2,1-2H3/t12-,13-/m0/s1. The highest BCUT2D eigenvalue weighted by Crippen LogP contribution is 2.26. The van der Waals surface area contributed by atoms with Gasteiger partial charge in [0.25, 0.3) is 0 Å². The zero-order chi connectivity index (χ0) is 18.0. The van der Waals surface area contributed by atoms with Crippen LogP contribution in [-0.4, -0.2) is 66.7 Å². The first-order valence-corrected chi connectivity index (χ1v) is 10.6. The molecular weight excluding hydrogens is 361 g/mol. The Labute approximate surface area is 141 Å². The summed E-state index contributed by atoms with van der Waals surface area (Å²) in [6.07, 6.45) is -0.623. The Hall–Kier alpha value is -1.07. The van der Waals surface area contributed by atoms with E-state index in [4.69, 9.17) is 9.47 Å². The molecule has 24 heavy (non-hydrogen) atoms. The Morgan fingerprint density at radius 2 is 1.79 bits per heavy atom. The summed E-state index contributed by atoms with van der Waals surface area (Å²) in [6, 6.07) is 3.55. The monoisotopic (exact) mass is 381 g/mol. The lowest BCUT2D eigenvalue weighted by Crippen LogP contribution is -2.46. The summed E-state index contributed by atoms with van der Waals surface area (Å²) >= 11 is 0. The molecule has 7 nitrogen and oxygen atoms in total. The first-order chi connectivity index (χ1) is 11.2. The van der Waals surface area contributed by atoms with Crippen LogP contribution in [-0.2, 0) is 29.1 Å². The zero-order valence-corrected chi connectivity index (χ0v) is 14.9. The van der Waals surface area contributed by atoms with E-state index in [0.717, 1.165) is 24.3 Å². The Balaban J connectivity index is 2.25. The number of methoxy groups -OCH3 is 2. The van der Waals surface area contributed by atoms with Crippen LogP contribution in [0.15, 0.2) is 29.2 Å². The first-order valence-electron chi connectivity index (χ1n) is 7.18. The van der Waals surface area contributed by atoms with Crippen LogP contribution in [0.3, 0.4) is 0 Å². The molecule has 2 atom stereocenters. The molecule has 1 N–H and O–H groups in total. The second-order valence-electron chi connectivity index (χ2n) is 5.53. The molecule has 0 bridgehead atoms. The Morgan fingerprint density at radius 3 is 2.33 bits per heavy atom. The van der Waals surface area contributed by atoms with Crippen LogP contribution in [0.2, 0.25) is 0 Å². The van der Waals surface area contributed by atoms with E-state index in [9.17, 15) is 21.2 Å². The number of benzene rings is 1. The minimum atomic E-state index is -3.93. The van der Waals surface area contributed by atoms with E-state index in [1.807, 2.05) is 0 Å². The number of sulfone groups is 2. The highest BCUT2D eigenvalue weighted by Gasteiger charge is 2.45. The van der Waals surface area contributed by atoms with Gasteiger partial charge in [0.15, 0.2) is 26.0 Å². The van der Waals surface area contributed by atoms with Crippen molar-refractivity contribution in [1.82, 2.24) is 5.32 Å². The van der Waals surface area contributed by atoms with Crippen molar-refractivity contribution >= 4 is 19.7 Å². The molecule has 1 aliphatic heterocycles. The van der Waals surface area contributed by atoms with Crippen molar-refractivity contribution in [3.8, 4) is 0 Å². The predicted octanol–water partition coefficient (Wildman–Crippen LogP) is -0.0265. The molecule has 1 aromatic rings. The summed E-state index contributed by atoms with van der Waals surface area (Å²) < 4.78 is 72.4. The Bertz CT molecular complexity index is 759. The van der Waals surface area contributed by atoms with Gasteiger partial charge in [0.05, 0.1) is 21.7 Å². The van der Waals surface area contributed by atoms with Crippen molar-refractivity contribution in [2.24, 2.45) is 0 Å². The van der Waals surface area contributed by atoms with Crippen LogP contribution in [0, 0.1) is 5.82 Å². The van der Waals surface area contributed by atoms with Crippen molar-refractivity contribution in [2.45, 2.75) is 22.5 Å². The maximum absolute atomic E-state index is 13.0. The summed E-state index contributed by atoms with van der Waals surface area (Å²) in [4.78, 5) is -0.104. The maximum atomic E-state index is 13.0. The van der Waals surface area contributed by atoms with Crippen LogP contribution >= 0.6 is 0 Å². The molecule has 1 aliphatic rings. The molecule has 0 amide bonds. The lowest BCUT2D eigenvalue weighted by molar-refractivity contribution is -0.0995. The Kier molecular flexibility index (Phi) is 5.97. The largest absolute Gasteiger partial charge is 0.355 e. The van der Waals surface area contributed by atoms with E-state index in [2.05, 4.69) is 5.32 Å². The van der Waals surface area contributed by atoms with E-state index < -0.39 is 48.8 Å². The van der Waals surface area contributed by atoms with Crippen molar-refractivity contribution in [2.75, 3.05) is 32.3 Å². The molecule has 10 heteroatoms. The molecule has 0 radical (unpaired) electrons. The van der Waals surface area contributed by atoms with Crippen molar-refractivity contribution in [1.29, 1.82) is 0 Å². The molecule has 136 valence electrons. The molecule has 1 aromatic carbocycles. The van der Waals surface area contributed by atoms with Gasteiger partial charge < -0.3 is 14.8 Å². The molecular formula is C14H20FNO6S2. The summed E-state index contributed by atoms with van der Waals surface area (Å²) in [5, 5.41) is 1.74. The number of rotatable bonds is 7. The van der Waals surface area contributed by atoms with Crippen molar-refractivity contribution in [3.63, 3.8) is 0 Å². The van der Waals surface area contributed by atoms with Crippen LogP contribution < -0.4 is 5.32 Å². The van der Waals surface area contributed by atoms with Gasteiger partial charge in [0.2, 0.25) is 0 Å².